The SMILES string of the molecule is N[C@@H](CC(=O)O)C(=O)Nc1ccc(-c2noc(C3CCCC3)n2)cc1. The van der Waals surface area contributed by atoms with Crippen LogP contribution in [0.3, 0.4) is 0 Å². The molecule has 0 spiro atoms. The summed E-state index contributed by atoms with van der Waals surface area (Å²) in [5, 5.41) is 15.3. The second-order valence-corrected chi connectivity index (χ2v) is 6.21. The van der Waals surface area contributed by atoms with Gasteiger partial charge < -0.3 is 20.7 Å². The summed E-state index contributed by atoms with van der Waals surface area (Å²) in [6.45, 7) is 0. The van der Waals surface area contributed by atoms with Crippen LogP contribution in [0.1, 0.15) is 43.9 Å². The number of hydrogen-bond donors (Lipinski definition) is 3. The molecule has 4 N–H and O–H groups in total. The van der Waals surface area contributed by atoms with Gasteiger partial charge in [-0.2, -0.15) is 4.98 Å². The average Bonchev–Trinajstić information content (AvgIpc) is 3.26. The van der Waals surface area contributed by atoms with Gasteiger partial charge >= 0.3 is 5.97 Å². The highest BCUT2D eigenvalue weighted by molar-refractivity contribution is 5.96. The van der Waals surface area contributed by atoms with Crippen LogP contribution in [0.25, 0.3) is 11.4 Å². The number of nitrogens with zero attached hydrogens (tertiary/aromatic N) is 2. The van der Waals surface area contributed by atoms with Crippen molar-refractivity contribution in [3.8, 4) is 11.4 Å². The fourth-order valence-electron chi connectivity index (χ4n) is 2.91. The van der Waals surface area contributed by atoms with E-state index in [9.17, 15) is 9.59 Å². The third-order valence-corrected chi connectivity index (χ3v) is 4.29. The molecule has 1 atom stereocenters. The minimum absolute atomic E-state index is 0.357. The Balaban J connectivity index is 1.64. The molecule has 0 aliphatic heterocycles. The van der Waals surface area contributed by atoms with Crippen molar-refractivity contribution in [1.29, 1.82) is 0 Å². The van der Waals surface area contributed by atoms with Crippen molar-refractivity contribution in [2.24, 2.45) is 5.73 Å². The van der Waals surface area contributed by atoms with Crippen LogP contribution < -0.4 is 11.1 Å². The minimum atomic E-state index is -1.12. The van der Waals surface area contributed by atoms with E-state index in [1.54, 1.807) is 24.3 Å². The molecule has 1 aliphatic carbocycles. The Morgan fingerprint density at radius 1 is 1.28 bits per heavy atom. The molecule has 1 aromatic heterocycles. The van der Waals surface area contributed by atoms with E-state index in [2.05, 4.69) is 15.5 Å². The molecule has 3 rings (SSSR count). The Morgan fingerprint density at radius 3 is 2.60 bits per heavy atom. The molecule has 1 saturated carbocycles. The summed E-state index contributed by atoms with van der Waals surface area (Å²) < 4.78 is 5.36. The molecular weight excluding hydrogens is 324 g/mol. The zero-order valence-electron chi connectivity index (χ0n) is 13.6. The van der Waals surface area contributed by atoms with Crippen LogP contribution in [-0.4, -0.2) is 33.2 Å². The number of carboxylic acids is 1. The van der Waals surface area contributed by atoms with Gasteiger partial charge in [0.2, 0.25) is 17.6 Å². The second kappa shape index (κ2) is 7.43. The van der Waals surface area contributed by atoms with E-state index in [0.29, 0.717) is 23.3 Å². The van der Waals surface area contributed by atoms with Crippen LogP contribution >= 0.6 is 0 Å². The number of carboxylic acid groups (broad SMARTS) is 1. The lowest BCUT2D eigenvalue weighted by atomic mass is 10.1. The lowest BCUT2D eigenvalue weighted by Gasteiger charge is -2.10. The fraction of sp³-hybridized carbons (Fsp3) is 0.412. The van der Waals surface area contributed by atoms with E-state index >= 15 is 0 Å². The van der Waals surface area contributed by atoms with Gasteiger partial charge in [0.1, 0.15) is 0 Å². The molecule has 8 heteroatoms. The highest BCUT2D eigenvalue weighted by Gasteiger charge is 2.23. The molecule has 1 amide bonds. The number of hydrogen-bond acceptors (Lipinski definition) is 6. The van der Waals surface area contributed by atoms with E-state index in [1.165, 1.54) is 12.8 Å². The Bertz CT molecular complexity index is 750. The van der Waals surface area contributed by atoms with Crippen LogP contribution in [0.5, 0.6) is 0 Å². The Labute approximate surface area is 144 Å². The number of carbonyl (C=O) groups is 2. The number of nitrogens with one attached hydrogen (secondary N) is 1. The molecule has 1 aliphatic rings. The van der Waals surface area contributed by atoms with Gasteiger partial charge in [0.25, 0.3) is 0 Å². The highest BCUT2D eigenvalue weighted by Crippen LogP contribution is 2.33. The first kappa shape index (κ1) is 17.1. The number of aromatic nitrogens is 2. The maximum absolute atomic E-state index is 11.8. The van der Waals surface area contributed by atoms with E-state index < -0.39 is 24.3 Å². The number of amides is 1. The van der Waals surface area contributed by atoms with Gasteiger partial charge in [-0.3, -0.25) is 9.59 Å². The molecule has 8 nitrogen and oxygen atoms in total. The topological polar surface area (TPSA) is 131 Å². The van der Waals surface area contributed by atoms with Gasteiger partial charge in [-0.25, -0.2) is 0 Å². The lowest BCUT2D eigenvalue weighted by Crippen LogP contribution is -2.37. The number of aliphatic carboxylic acids is 1. The quantitative estimate of drug-likeness (QED) is 0.731. The van der Waals surface area contributed by atoms with Gasteiger partial charge in [0, 0.05) is 17.2 Å². The van der Waals surface area contributed by atoms with Crippen molar-refractivity contribution >= 4 is 17.6 Å². The van der Waals surface area contributed by atoms with Crippen molar-refractivity contribution in [3.05, 3.63) is 30.2 Å². The zero-order valence-corrected chi connectivity index (χ0v) is 13.6. The molecule has 0 bridgehead atoms. The molecule has 0 unspecified atom stereocenters. The van der Waals surface area contributed by atoms with Crippen molar-refractivity contribution in [3.63, 3.8) is 0 Å². The molecule has 1 heterocycles. The van der Waals surface area contributed by atoms with Crippen molar-refractivity contribution in [2.45, 2.75) is 44.1 Å². The molecular formula is C17H20N4O4. The zero-order chi connectivity index (χ0) is 17.8. The molecule has 132 valence electrons. The van der Waals surface area contributed by atoms with Gasteiger partial charge in [0.05, 0.1) is 12.5 Å². The average molecular weight is 344 g/mol. The standard InChI is InChI=1S/C17H20N4O4/c18-13(9-14(22)23)16(24)19-12-7-5-10(6-8-12)15-20-17(25-21-15)11-3-1-2-4-11/h5-8,11,13H,1-4,9,18H2,(H,19,24)(H,22,23)/t13-/m0/s1. The summed E-state index contributed by atoms with van der Waals surface area (Å²) in [6, 6.07) is 5.81. The monoisotopic (exact) mass is 344 g/mol. The summed E-state index contributed by atoms with van der Waals surface area (Å²) in [5.74, 6) is -0.103. The van der Waals surface area contributed by atoms with Crippen LogP contribution in [0.4, 0.5) is 5.69 Å². The van der Waals surface area contributed by atoms with Gasteiger partial charge in [0.15, 0.2) is 0 Å². The number of nitrogens with two attached hydrogens (primary N) is 1. The summed E-state index contributed by atoms with van der Waals surface area (Å²) in [7, 11) is 0. The van der Waals surface area contributed by atoms with Gasteiger partial charge in [-0.15, -0.1) is 0 Å². The first-order chi connectivity index (χ1) is 12.0. The van der Waals surface area contributed by atoms with Crippen molar-refractivity contribution in [2.75, 3.05) is 5.32 Å². The molecule has 1 fully saturated rings. The van der Waals surface area contributed by atoms with Crippen molar-refractivity contribution < 1.29 is 19.2 Å². The van der Waals surface area contributed by atoms with Gasteiger partial charge in [-0.1, -0.05) is 18.0 Å². The molecule has 0 saturated heterocycles. The first-order valence-electron chi connectivity index (χ1n) is 8.25. The van der Waals surface area contributed by atoms with Crippen LogP contribution in [-0.2, 0) is 9.59 Å². The summed E-state index contributed by atoms with van der Waals surface area (Å²) in [4.78, 5) is 26.9. The van der Waals surface area contributed by atoms with Crippen LogP contribution in [0, 0.1) is 0 Å². The highest BCUT2D eigenvalue weighted by atomic mass is 16.5. The van der Waals surface area contributed by atoms with E-state index in [1.807, 2.05) is 0 Å². The van der Waals surface area contributed by atoms with Crippen LogP contribution in [0.2, 0.25) is 0 Å². The maximum Gasteiger partial charge on any atom is 0.305 e. The summed E-state index contributed by atoms with van der Waals surface area (Å²) in [5.41, 5.74) is 6.83. The first-order valence-corrected chi connectivity index (χ1v) is 8.25. The van der Waals surface area contributed by atoms with E-state index in [0.717, 1.165) is 18.4 Å². The van der Waals surface area contributed by atoms with Crippen LogP contribution in [0.15, 0.2) is 28.8 Å². The summed E-state index contributed by atoms with van der Waals surface area (Å²) >= 11 is 0. The molecule has 25 heavy (non-hydrogen) atoms. The number of rotatable bonds is 6. The predicted molar refractivity (Wildman–Crippen MR) is 89.8 cm³/mol. The lowest BCUT2D eigenvalue weighted by molar-refractivity contribution is -0.138. The predicted octanol–water partition coefficient (Wildman–Crippen LogP) is 2.13. The second-order valence-electron chi connectivity index (χ2n) is 6.21. The number of benzene rings is 1. The summed E-state index contributed by atoms with van der Waals surface area (Å²) in [6.07, 6.45) is 4.14. The van der Waals surface area contributed by atoms with Crippen molar-refractivity contribution in [1.82, 2.24) is 10.1 Å². The molecule has 1 aromatic carbocycles. The third-order valence-electron chi connectivity index (χ3n) is 4.29. The van der Waals surface area contributed by atoms with Gasteiger partial charge in [-0.05, 0) is 37.1 Å². The normalized spacial score (nSPS) is 15.9. The maximum atomic E-state index is 11.8. The van der Waals surface area contributed by atoms with E-state index in [4.69, 9.17) is 15.4 Å². The molecule has 2 aromatic rings. The Hall–Kier alpha value is -2.74. The Kier molecular flexibility index (Phi) is 5.08. The van der Waals surface area contributed by atoms with E-state index in [-0.39, 0.29) is 0 Å². The minimum Gasteiger partial charge on any atom is -0.481 e. The fourth-order valence-corrected chi connectivity index (χ4v) is 2.91. The number of anilines is 1. The largest absolute Gasteiger partial charge is 0.481 e. The number of carbonyl (C=O) groups excluding carboxylic acids is 1. The molecule has 0 radical (unpaired) electrons. The Morgan fingerprint density at radius 2 is 1.96 bits per heavy atom. The smallest absolute Gasteiger partial charge is 0.305 e. The third kappa shape index (κ3) is 4.21.